The number of nitrogens with zero attached hydrogens (tertiary/aromatic N) is 2. The minimum Gasteiger partial charge on any atom is -0.312 e. The number of nitrogens with two attached hydrogens (primary N) is 1. The number of carbonyl (C=O) groups is 1. The van der Waals surface area contributed by atoms with E-state index in [1.807, 2.05) is 5.32 Å². The molecule has 0 bridgehead atoms. The largest absolute Gasteiger partial charge is 0.412 e. The predicted molar refractivity (Wildman–Crippen MR) is 47.3 cm³/mol. The summed E-state index contributed by atoms with van der Waals surface area (Å²) >= 11 is 0.967. The lowest BCUT2D eigenvalue weighted by Gasteiger charge is -2.13. The van der Waals surface area contributed by atoms with Gasteiger partial charge in [0, 0.05) is 0 Å². The molecule has 1 aromatic rings. The Balaban J connectivity index is 2.64. The summed E-state index contributed by atoms with van der Waals surface area (Å²) in [4.78, 5) is 11.0. The average molecular weight is 240 g/mol. The van der Waals surface area contributed by atoms with E-state index in [-0.39, 0.29) is 5.13 Å². The van der Waals surface area contributed by atoms with E-state index in [2.05, 4.69) is 15.9 Å². The molecule has 84 valence electrons. The molecule has 5 nitrogen and oxygen atoms in total. The Morgan fingerprint density at radius 3 is 2.53 bits per heavy atom. The molecule has 0 spiro atoms. The molecule has 15 heavy (non-hydrogen) atoms. The standard InChI is InChI=1S/C6H7F3N4OS/c1-2-12-13-5(15-2)11-4(14)3(10)6(7,8)9/h3H,10H2,1H3,(H,11,13,14). The lowest BCUT2D eigenvalue weighted by atomic mass is 10.3. The minimum absolute atomic E-state index is 0.00259. The summed E-state index contributed by atoms with van der Waals surface area (Å²) in [5, 5.41) is 9.42. The van der Waals surface area contributed by atoms with Crippen molar-refractivity contribution in [2.75, 3.05) is 5.32 Å². The zero-order valence-electron chi connectivity index (χ0n) is 7.50. The van der Waals surface area contributed by atoms with Gasteiger partial charge in [0.15, 0.2) is 6.04 Å². The number of nitrogens with one attached hydrogen (secondary N) is 1. The number of hydrogen-bond donors (Lipinski definition) is 2. The third-order valence-corrected chi connectivity index (χ3v) is 2.15. The van der Waals surface area contributed by atoms with Crippen LogP contribution in [0.4, 0.5) is 18.3 Å². The fraction of sp³-hybridized carbons (Fsp3) is 0.500. The van der Waals surface area contributed by atoms with Crippen LogP contribution in [0.25, 0.3) is 0 Å². The smallest absolute Gasteiger partial charge is 0.312 e. The van der Waals surface area contributed by atoms with Crippen molar-refractivity contribution in [3.8, 4) is 0 Å². The normalized spacial score (nSPS) is 13.7. The molecule has 0 saturated heterocycles. The van der Waals surface area contributed by atoms with E-state index in [0.717, 1.165) is 11.3 Å². The second-order valence-corrected chi connectivity index (χ2v) is 3.82. The number of amides is 1. The van der Waals surface area contributed by atoms with Crippen LogP contribution in [-0.2, 0) is 4.79 Å². The van der Waals surface area contributed by atoms with Crippen molar-refractivity contribution in [3.05, 3.63) is 5.01 Å². The van der Waals surface area contributed by atoms with Gasteiger partial charge >= 0.3 is 6.18 Å². The third kappa shape index (κ3) is 3.13. The predicted octanol–water partition coefficient (Wildman–Crippen LogP) is 0.675. The molecule has 0 fully saturated rings. The lowest BCUT2D eigenvalue weighted by molar-refractivity contribution is -0.159. The number of anilines is 1. The van der Waals surface area contributed by atoms with Gasteiger partial charge in [0.2, 0.25) is 5.13 Å². The molecule has 0 aromatic carbocycles. The fourth-order valence-corrected chi connectivity index (χ4v) is 1.27. The Kier molecular flexibility index (Phi) is 3.25. The number of hydrogen-bond acceptors (Lipinski definition) is 5. The van der Waals surface area contributed by atoms with Crippen LogP contribution in [0, 0.1) is 6.92 Å². The fourth-order valence-electron chi connectivity index (χ4n) is 0.679. The molecule has 0 aliphatic heterocycles. The molecule has 0 aliphatic rings. The highest BCUT2D eigenvalue weighted by molar-refractivity contribution is 7.15. The van der Waals surface area contributed by atoms with Crippen molar-refractivity contribution >= 4 is 22.4 Å². The third-order valence-electron chi connectivity index (χ3n) is 1.39. The van der Waals surface area contributed by atoms with Gasteiger partial charge in [0.1, 0.15) is 5.01 Å². The number of aryl methyl sites for hydroxylation is 1. The lowest BCUT2D eigenvalue weighted by Crippen LogP contribution is -2.47. The molecule has 0 aliphatic carbocycles. The Morgan fingerprint density at radius 2 is 2.13 bits per heavy atom. The summed E-state index contributed by atoms with van der Waals surface area (Å²) in [6.07, 6.45) is -4.76. The summed E-state index contributed by atoms with van der Waals surface area (Å²) < 4.78 is 36.0. The van der Waals surface area contributed by atoms with Gasteiger partial charge in [-0.05, 0) is 6.92 Å². The topological polar surface area (TPSA) is 80.9 Å². The van der Waals surface area contributed by atoms with E-state index in [0.29, 0.717) is 5.01 Å². The average Bonchev–Trinajstić information content (AvgIpc) is 2.48. The molecule has 1 rings (SSSR count). The SMILES string of the molecule is Cc1nnc(NC(=O)C(N)C(F)(F)F)s1. The highest BCUT2D eigenvalue weighted by atomic mass is 32.1. The van der Waals surface area contributed by atoms with Crippen LogP contribution in [0.5, 0.6) is 0 Å². The van der Waals surface area contributed by atoms with Gasteiger partial charge in [-0.25, -0.2) is 0 Å². The first kappa shape index (κ1) is 11.9. The number of halogens is 3. The number of rotatable bonds is 2. The Hall–Kier alpha value is -1.22. The van der Waals surface area contributed by atoms with Crippen LogP contribution in [0.2, 0.25) is 0 Å². The second-order valence-electron chi connectivity index (χ2n) is 2.63. The van der Waals surface area contributed by atoms with Crippen molar-refractivity contribution in [2.45, 2.75) is 19.1 Å². The molecule has 1 aromatic heterocycles. The van der Waals surface area contributed by atoms with Crippen molar-refractivity contribution in [1.29, 1.82) is 0 Å². The first-order valence-corrected chi connectivity index (χ1v) is 4.55. The zero-order valence-corrected chi connectivity index (χ0v) is 8.32. The van der Waals surface area contributed by atoms with E-state index in [1.165, 1.54) is 0 Å². The van der Waals surface area contributed by atoms with Crippen molar-refractivity contribution < 1.29 is 18.0 Å². The van der Waals surface area contributed by atoms with Crippen LogP contribution in [0.3, 0.4) is 0 Å². The van der Waals surface area contributed by atoms with E-state index >= 15 is 0 Å². The van der Waals surface area contributed by atoms with Crippen LogP contribution in [-0.4, -0.2) is 28.3 Å². The first-order chi connectivity index (χ1) is 6.80. The zero-order chi connectivity index (χ0) is 11.6. The van der Waals surface area contributed by atoms with E-state index in [1.54, 1.807) is 6.92 Å². The van der Waals surface area contributed by atoms with Crippen LogP contribution >= 0.6 is 11.3 Å². The first-order valence-electron chi connectivity index (χ1n) is 3.74. The molecule has 1 unspecified atom stereocenters. The van der Waals surface area contributed by atoms with Gasteiger partial charge < -0.3 is 5.73 Å². The summed E-state index contributed by atoms with van der Waals surface area (Å²) in [7, 11) is 0. The number of alkyl halides is 3. The van der Waals surface area contributed by atoms with Crippen molar-refractivity contribution in [3.63, 3.8) is 0 Å². The van der Waals surface area contributed by atoms with E-state index in [9.17, 15) is 18.0 Å². The van der Waals surface area contributed by atoms with Crippen LogP contribution in [0.15, 0.2) is 0 Å². The molecular weight excluding hydrogens is 233 g/mol. The van der Waals surface area contributed by atoms with Gasteiger partial charge in [0.25, 0.3) is 5.91 Å². The van der Waals surface area contributed by atoms with Gasteiger partial charge in [-0.15, -0.1) is 10.2 Å². The molecule has 0 saturated carbocycles. The molecule has 3 N–H and O–H groups in total. The molecule has 1 amide bonds. The summed E-state index contributed by atoms with van der Waals surface area (Å²) in [6, 6.07) is -2.55. The highest BCUT2D eigenvalue weighted by Crippen LogP contribution is 2.20. The summed E-state index contributed by atoms with van der Waals surface area (Å²) in [6.45, 7) is 1.61. The molecular formula is C6H7F3N4OS. The van der Waals surface area contributed by atoms with E-state index < -0.39 is 18.1 Å². The summed E-state index contributed by atoms with van der Waals surface area (Å²) in [5.74, 6) is -1.35. The highest BCUT2D eigenvalue weighted by Gasteiger charge is 2.42. The molecule has 0 radical (unpaired) electrons. The molecule has 1 atom stereocenters. The van der Waals surface area contributed by atoms with Crippen LogP contribution in [0.1, 0.15) is 5.01 Å². The van der Waals surface area contributed by atoms with Gasteiger partial charge in [-0.2, -0.15) is 13.2 Å². The van der Waals surface area contributed by atoms with Gasteiger partial charge in [-0.3, -0.25) is 10.1 Å². The number of aromatic nitrogens is 2. The number of carbonyl (C=O) groups excluding carboxylic acids is 1. The monoisotopic (exact) mass is 240 g/mol. The van der Waals surface area contributed by atoms with Gasteiger partial charge in [-0.1, -0.05) is 11.3 Å². The maximum absolute atomic E-state index is 12.0. The second kappa shape index (κ2) is 4.11. The molecule has 1 heterocycles. The van der Waals surface area contributed by atoms with Crippen LogP contribution < -0.4 is 11.1 Å². The Morgan fingerprint density at radius 1 is 1.53 bits per heavy atom. The minimum atomic E-state index is -4.76. The summed E-state index contributed by atoms with van der Waals surface area (Å²) in [5.41, 5.74) is 4.67. The maximum Gasteiger partial charge on any atom is 0.412 e. The Bertz CT molecular complexity index is 364. The quantitative estimate of drug-likeness (QED) is 0.796. The maximum atomic E-state index is 12.0. The van der Waals surface area contributed by atoms with Crippen molar-refractivity contribution in [2.24, 2.45) is 5.73 Å². The Labute approximate surface area is 86.5 Å². The van der Waals surface area contributed by atoms with E-state index in [4.69, 9.17) is 0 Å². The van der Waals surface area contributed by atoms with Crippen molar-refractivity contribution in [1.82, 2.24) is 10.2 Å². The molecule has 9 heteroatoms. The van der Waals surface area contributed by atoms with Gasteiger partial charge in [0.05, 0.1) is 0 Å².